The summed E-state index contributed by atoms with van der Waals surface area (Å²) in [4.78, 5) is 42.5. The van der Waals surface area contributed by atoms with Crippen LogP contribution < -0.4 is 11.2 Å². The highest BCUT2D eigenvalue weighted by molar-refractivity contribution is 5.81. The first-order chi connectivity index (χ1) is 13.6. The van der Waals surface area contributed by atoms with E-state index in [1.165, 1.54) is 11.5 Å². The number of imidazole rings is 2. The predicted octanol–water partition coefficient (Wildman–Crippen LogP) is 2.21. The van der Waals surface area contributed by atoms with Crippen LogP contribution in [0.15, 0.2) is 34.0 Å². The highest BCUT2D eigenvalue weighted by Gasteiger charge is 2.24. The summed E-state index contributed by atoms with van der Waals surface area (Å²) in [7, 11) is 1.56. The van der Waals surface area contributed by atoms with Crippen molar-refractivity contribution in [2.24, 2.45) is 7.05 Å². The topological polar surface area (TPSA) is 83.3 Å². The van der Waals surface area contributed by atoms with Crippen molar-refractivity contribution in [3.63, 3.8) is 0 Å². The predicted molar refractivity (Wildman–Crippen MR) is 111 cm³/mol. The molecule has 29 heavy (non-hydrogen) atoms. The highest BCUT2D eigenvalue weighted by atomic mass is 16.2. The molecule has 3 aromatic heterocycles. The number of Topliss-reactive ketones (excluding diaryl/α,β-unsaturated/α-hetero) is 1. The van der Waals surface area contributed by atoms with E-state index in [0.29, 0.717) is 11.4 Å². The van der Waals surface area contributed by atoms with Crippen LogP contribution in [0.2, 0.25) is 0 Å². The second-order valence-electron chi connectivity index (χ2n) is 7.71. The molecule has 1 aromatic carbocycles. The Morgan fingerprint density at radius 3 is 2.28 bits per heavy atom. The summed E-state index contributed by atoms with van der Waals surface area (Å²) < 4.78 is 5.99. The van der Waals surface area contributed by atoms with Crippen LogP contribution in [0.25, 0.3) is 22.6 Å². The van der Waals surface area contributed by atoms with E-state index in [0.717, 1.165) is 27.1 Å². The largest absolute Gasteiger partial charge is 0.333 e. The number of fused-ring (bicyclic) bond motifs is 3. The number of ketones is 1. The lowest BCUT2D eigenvalue weighted by Crippen LogP contribution is -2.42. The number of hydrogen-bond donors (Lipinski definition) is 0. The van der Waals surface area contributed by atoms with Crippen LogP contribution in [0.5, 0.6) is 0 Å². The third kappa shape index (κ3) is 2.66. The lowest BCUT2D eigenvalue weighted by atomic mass is 10.1. The summed E-state index contributed by atoms with van der Waals surface area (Å²) in [6, 6.07) is 5.34. The van der Waals surface area contributed by atoms with Gasteiger partial charge in [-0.2, -0.15) is 4.98 Å². The summed E-state index contributed by atoms with van der Waals surface area (Å²) in [5.74, 6) is 0.288. The number of hydrogen-bond acceptors (Lipinski definition) is 4. The zero-order valence-corrected chi connectivity index (χ0v) is 17.3. The quantitative estimate of drug-likeness (QED) is 0.534. The van der Waals surface area contributed by atoms with Gasteiger partial charge in [-0.1, -0.05) is 6.07 Å². The molecule has 0 saturated heterocycles. The minimum atomic E-state index is -0.848. The van der Waals surface area contributed by atoms with Crippen molar-refractivity contribution in [3.05, 3.63) is 62.1 Å². The summed E-state index contributed by atoms with van der Waals surface area (Å²) in [6.07, 6.45) is 1.83. The molecule has 0 aliphatic heterocycles. The Kier molecular flexibility index (Phi) is 4.11. The Bertz CT molecular complexity index is 1410. The fraction of sp³-hybridized carbons (Fsp3) is 0.333. The SMILES string of the molecule is CC(=O)[C@H](C)n1c(=O)c2c(nc3n(-c4cc(C)cc(C)c4)c(C)cn23)n(C)c1=O. The van der Waals surface area contributed by atoms with Gasteiger partial charge >= 0.3 is 5.69 Å². The fourth-order valence-corrected chi connectivity index (χ4v) is 3.90. The van der Waals surface area contributed by atoms with Gasteiger partial charge < -0.3 is 0 Å². The Hall–Kier alpha value is -3.42. The molecule has 3 heterocycles. The number of rotatable bonds is 3. The van der Waals surface area contributed by atoms with Gasteiger partial charge in [0.15, 0.2) is 16.9 Å². The molecule has 1 atom stereocenters. The van der Waals surface area contributed by atoms with Crippen molar-refractivity contribution in [1.29, 1.82) is 0 Å². The molecule has 0 saturated carbocycles. The molecule has 150 valence electrons. The Morgan fingerprint density at radius 1 is 1.07 bits per heavy atom. The van der Waals surface area contributed by atoms with E-state index < -0.39 is 17.3 Å². The van der Waals surface area contributed by atoms with Gasteiger partial charge in [-0.05, 0) is 57.9 Å². The standard InChI is InChI=1S/C21H23N5O3/c1-11-7-12(2)9-16(8-11)25-13(3)10-24-17-18(22-20(24)25)23(6)21(29)26(19(17)28)14(4)15(5)27/h7-10,14H,1-6H3/t14-/m0/s1. The lowest BCUT2D eigenvalue weighted by Gasteiger charge is -2.12. The third-order valence-corrected chi connectivity index (χ3v) is 5.42. The van der Waals surface area contributed by atoms with E-state index in [1.807, 2.05) is 31.5 Å². The zero-order valence-electron chi connectivity index (χ0n) is 17.3. The number of carbonyl (C=O) groups excluding carboxylic acids is 1. The smallest absolute Gasteiger partial charge is 0.298 e. The zero-order chi connectivity index (χ0) is 21.2. The molecule has 4 rings (SSSR count). The van der Waals surface area contributed by atoms with Gasteiger partial charge in [-0.25, -0.2) is 9.36 Å². The van der Waals surface area contributed by atoms with E-state index in [2.05, 4.69) is 23.2 Å². The van der Waals surface area contributed by atoms with Crippen molar-refractivity contribution >= 4 is 22.7 Å². The first-order valence-electron chi connectivity index (χ1n) is 9.42. The molecule has 0 N–H and O–H groups in total. The Labute approximate surface area is 166 Å². The minimum Gasteiger partial charge on any atom is -0.298 e. The second-order valence-corrected chi connectivity index (χ2v) is 7.71. The van der Waals surface area contributed by atoms with E-state index in [-0.39, 0.29) is 11.3 Å². The Morgan fingerprint density at radius 2 is 1.69 bits per heavy atom. The van der Waals surface area contributed by atoms with Crippen LogP contribution in [0.1, 0.15) is 36.7 Å². The monoisotopic (exact) mass is 393 g/mol. The number of benzene rings is 1. The Balaban J connectivity index is 2.15. The summed E-state index contributed by atoms with van der Waals surface area (Å²) in [5.41, 5.74) is 3.57. The van der Waals surface area contributed by atoms with Crippen molar-refractivity contribution in [2.45, 2.75) is 40.7 Å². The van der Waals surface area contributed by atoms with Crippen LogP contribution in [0, 0.1) is 20.8 Å². The molecule has 0 aliphatic rings. The van der Waals surface area contributed by atoms with Gasteiger partial charge in [0, 0.05) is 24.6 Å². The number of nitrogens with zero attached hydrogens (tertiary/aromatic N) is 5. The van der Waals surface area contributed by atoms with Crippen molar-refractivity contribution in [1.82, 2.24) is 23.1 Å². The van der Waals surface area contributed by atoms with Gasteiger partial charge in [0.25, 0.3) is 5.56 Å². The molecule has 8 heteroatoms. The second kappa shape index (κ2) is 6.30. The molecular formula is C21H23N5O3. The lowest BCUT2D eigenvalue weighted by molar-refractivity contribution is -0.119. The maximum absolute atomic E-state index is 13.2. The van der Waals surface area contributed by atoms with E-state index in [4.69, 9.17) is 0 Å². The number of carbonyl (C=O) groups is 1. The molecule has 0 aliphatic carbocycles. The van der Waals surface area contributed by atoms with Crippen molar-refractivity contribution < 1.29 is 4.79 Å². The van der Waals surface area contributed by atoms with Gasteiger partial charge in [-0.3, -0.25) is 23.1 Å². The normalized spacial score (nSPS) is 12.8. The van der Waals surface area contributed by atoms with Crippen LogP contribution in [-0.2, 0) is 11.8 Å². The maximum Gasteiger partial charge on any atom is 0.333 e. The summed E-state index contributed by atoms with van der Waals surface area (Å²) in [5, 5.41) is 0. The molecule has 0 radical (unpaired) electrons. The van der Waals surface area contributed by atoms with Crippen molar-refractivity contribution in [2.75, 3.05) is 0 Å². The molecule has 0 spiro atoms. The maximum atomic E-state index is 13.2. The first kappa shape index (κ1) is 18.9. The van der Waals surface area contributed by atoms with E-state index in [9.17, 15) is 14.4 Å². The van der Waals surface area contributed by atoms with Crippen molar-refractivity contribution in [3.8, 4) is 5.69 Å². The van der Waals surface area contributed by atoms with Gasteiger partial charge in [0.05, 0.1) is 6.04 Å². The van der Waals surface area contributed by atoms with E-state index in [1.54, 1.807) is 18.4 Å². The summed E-state index contributed by atoms with van der Waals surface area (Å²) >= 11 is 0. The molecular weight excluding hydrogens is 370 g/mol. The van der Waals surface area contributed by atoms with Crippen LogP contribution in [-0.4, -0.2) is 28.9 Å². The van der Waals surface area contributed by atoms with Gasteiger partial charge in [0.1, 0.15) is 0 Å². The molecule has 0 fully saturated rings. The molecule has 4 aromatic rings. The minimum absolute atomic E-state index is 0.256. The van der Waals surface area contributed by atoms with Crippen LogP contribution in [0.4, 0.5) is 0 Å². The highest BCUT2D eigenvalue weighted by Crippen LogP contribution is 2.22. The molecule has 0 amide bonds. The number of aromatic nitrogens is 5. The first-order valence-corrected chi connectivity index (χ1v) is 9.42. The summed E-state index contributed by atoms with van der Waals surface area (Å²) in [6.45, 7) is 8.92. The average Bonchev–Trinajstić information content (AvgIpc) is 3.13. The van der Waals surface area contributed by atoms with Gasteiger partial charge in [0.2, 0.25) is 5.78 Å². The molecule has 8 nitrogen and oxygen atoms in total. The average molecular weight is 393 g/mol. The third-order valence-electron chi connectivity index (χ3n) is 5.42. The van der Waals surface area contributed by atoms with Gasteiger partial charge in [-0.15, -0.1) is 0 Å². The van der Waals surface area contributed by atoms with Crippen LogP contribution >= 0.6 is 0 Å². The fourth-order valence-electron chi connectivity index (χ4n) is 3.90. The molecule has 0 unspecified atom stereocenters. The number of aryl methyl sites for hydroxylation is 4. The van der Waals surface area contributed by atoms with E-state index >= 15 is 0 Å². The molecule has 0 bridgehead atoms. The van der Waals surface area contributed by atoms with Crippen LogP contribution in [0.3, 0.4) is 0 Å².